The first-order valence-corrected chi connectivity index (χ1v) is 12.8. The zero-order valence-electron chi connectivity index (χ0n) is 22.9. The summed E-state index contributed by atoms with van der Waals surface area (Å²) in [7, 11) is 2.88. The third-order valence-electron chi connectivity index (χ3n) is 6.52. The van der Waals surface area contributed by atoms with Crippen molar-refractivity contribution in [2.24, 2.45) is 5.10 Å². The van der Waals surface area contributed by atoms with Gasteiger partial charge >= 0.3 is 6.18 Å². The maximum absolute atomic E-state index is 13.5. The molecular formula is C32H23F3N4O4. The van der Waals surface area contributed by atoms with E-state index in [4.69, 9.17) is 14.2 Å². The van der Waals surface area contributed by atoms with Crippen molar-refractivity contribution in [2.45, 2.75) is 12.8 Å². The van der Waals surface area contributed by atoms with E-state index in [2.05, 4.69) is 16.2 Å². The molecule has 8 nitrogen and oxygen atoms in total. The summed E-state index contributed by atoms with van der Waals surface area (Å²) in [5.41, 5.74) is 0.504. The quantitative estimate of drug-likeness (QED) is 0.195. The van der Waals surface area contributed by atoms with Crippen LogP contribution < -0.4 is 19.8 Å². The molecule has 216 valence electrons. The highest BCUT2D eigenvalue weighted by atomic mass is 19.4. The fourth-order valence-corrected chi connectivity index (χ4v) is 4.40. The number of ether oxygens (including phenoxy) is 3. The van der Waals surface area contributed by atoms with Crippen LogP contribution in [0.5, 0.6) is 17.2 Å². The van der Waals surface area contributed by atoms with Crippen LogP contribution in [0, 0.1) is 11.3 Å². The number of para-hydroxylation sites is 1. The van der Waals surface area contributed by atoms with Gasteiger partial charge in [-0.2, -0.15) is 28.2 Å². The van der Waals surface area contributed by atoms with E-state index in [1.165, 1.54) is 32.6 Å². The van der Waals surface area contributed by atoms with Crippen LogP contribution in [-0.4, -0.2) is 30.1 Å². The van der Waals surface area contributed by atoms with Crippen molar-refractivity contribution in [3.05, 3.63) is 118 Å². The van der Waals surface area contributed by atoms with Crippen molar-refractivity contribution >= 4 is 17.1 Å². The Bertz CT molecular complexity index is 1920. The van der Waals surface area contributed by atoms with Gasteiger partial charge in [0.25, 0.3) is 5.56 Å². The number of alkyl halides is 3. The van der Waals surface area contributed by atoms with Crippen molar-refractivity contribution in [3.8, 4) is 34.7 Å². The largest absolute Gasteiger partial charge is 0.493 e. The SMILES string of the molecule is COc1cc(C=Nn2c(-c3cccc(C(F)(F)F)c3)nc3ccccc3c2=O)cc(OC)c1OCc1ccccc1C#N. The predicted octanol–water partition coefficient (Wildman–Crippen LogP) is 6.43. The molecule has 0 amide bonds. The van der Waals surface area contributed by atoms with Gasteiger partial charge in [-0.1, -0.05) is 42.5 Å². The summed E-state index contributed by atoms with van der Waals surface area (Å²) in [6.07, 6.45) is -3.25. The smallest absolute Gasteiger partial charge is 0.416 e. The highest BCUT2D eigenvalue weighted by molar-refractivity contribution is 5.84. The van der Waals surface area contributed by atoms with Crippen LogP contribution in [0.1, 0.15) is 22.3 Å². The number of hydrogen-bond acceptors (Lipinski definition) is 7. The molecule has 1 heterocycles. The van der Waals surface area contributed by atoms with E-state index in [1.807, 2.05) is 0 Å². The lowest BCUT2D eigenvalue weighted by Crippen LogP contribution is -2.20. The molecule has 11 heteroatoms. The van der Waals surface area contributed by atoms with Crippen LogP contribution in [0.4, 0.5) is 13.2 Å². The number of benzene rings is 4. The van der Waals surface area contributed by atoms with Gasteiger partial charge in [-0.15, -0.1) is 0 Å². The van der Waals surface area contributed by atoms with E-state index < -0.39 is 17.3 Å². The first-order valence-electron chi connectivity index (χ1n) is 12.8. The van der Waals surface area contributed by atoms with Gasteiger partial charge in [0.15, 0.2) is 17.3 Å². The molecule has 43 heavy (non-hydrogen) atoms. The van der Waals surface area contributed by atoms with E-state index in [1.54, 1.807) is 60.7 Å². The monoisotopic (exact) mass is 584 g/mol. The maximum Gasteiger partial charge on any atom is 0.416 e. The predicted molar refractivity (Wildman–Crippen MR) is 154 cm³/mol. The van der Waals surface area contributed by atoms with Crippen LogP contribution in [0.25, 0.3) is 22.3 Å². The van der Waals surface area contributed by atoms with Gasteiger partial charge in [0.2, 0.25) is 5.75 Å². The summed E-state index contributed by atoms with van der Waals surface area (Å²) in [5.74, 6) is 0.792. The number of nitriles is 1. The summed E-state index contributed by atoms with van der Waals surface area (Å²) >= 11 is 0. The van der Waals surface area contributed by atoms with Crippen LogP contribution in [0.2, 0.25) is 0 Å². The molecule has 5 rings (SSSR count). The Labute approximate surface area is 243 Å². The average molecular weight is 585 g/mol. The minimum absolute atomic E-state index is 0.0615. The van der Waals surface area contributed by atoms with Gasteiger partial charge in [-0.25, -0.2) is 4.98 Å². The molecule has 4 aromatic carbocycles. The molecule has 0 bridgehead atoms. The van der Waals surface area contributed by atoms with Gasteiger partial charge < -0.3 is 14.2 Å². The number of fused-ring (bicyclic) bond motifs is 1. The van der Waals surface area contributed by atoms with E-state index in [0.717, 1.165) is 16.8 Å². The van der Waals surface area contributed by atoms with Crippen molar-refractivity contribution < 1.29 is 27.4 Å². The third-order valence-corrected chi connectivity index (χ3v) is 6.52. The first-order chi connectivity index (χ1) is 20.7. The molecule has 0 spiro atoms. The highest BCUT2D eigenvalue weighted by Gasteiger charge is 2.31. The van der Waals surface area contributed by atoms with Gasteiger partial charge in [0.1, 0.15) is 6.61 Å². The number of hydrogen-bond donors (Lipinski definition) is 0. The fraction of sp³-hybridized carbons (Fsp3) is 0.125. The lowest BCUT2D eigenvalue weighted by atomic mass is 10.1. The van der Waals surface area contributed by atoms with Crippen LogP contribution in [0.3, 0.4) is 0 Å². The summed E-state index contributed by atoms with van der Waals surface area (Å²) < 4.78 is 58.4. The molecule has 0 aliphatic rings. The Kier molecular flexibility index (Phi) is 8.11. The Morgan fingerprint density at radius 3 is 2.35 bits per heavy atom. The van der Waals surface area contributed by atoms with Crippen molar-refractivity contribution in [2.75, 3.05) is 14.2 Å². The fourth-order valence-electron chi connectivity index (χ4n) is 4.40. The van der Waals surface area contributed by atoms with Crippen LogP contribution in [-0.2, 0) is 12.8 Å². The highest BCUT2D eigenvalue weighted by Crippen LogP contribution is 2.39. The molecule has 0 fully saturated rings. The zero-order valence-corrected chi connectivity index (χ0v) is 22.9. The summed E-state index contributed by atoms with van der Waals surface area (Å²) in [6.45, 7) is 0.0718. The number of rotatable bonds is 8. The maximum atomic E-state index is 13.5. The van der Waals surface area contributed by atoms with Crippen molar-refractivity contribution in [3.63, 3.8) is 0 Å². The van der Waals surface area contributed by atoms with E-state index >= 15 is 0 Å². The molecule has 5 aromatic rings. The lowest BCUT2D eigenvalue weighted by molar-refractivity contribution is -0.137. The summed E-state index contributed by atoms with van der Waals surface area (Å²) in [4.78, 5) is 18.0. The van der Waals surface area contributed by atoms with E-state index in [9.17, 15) is 23.2 Å². The van der Waals surface area contributed by atoms with Crippen molar-refractivity contribution in [1.82, 2.24) is 9.66 Å². The minimum atomic E-state index is -4.59. The van der Waals surface area contributed by atoms with Crippen LogP contribution >= 0.6 is 0 Å². The Morgan fingerprint density at radius 2 is 1.65 bits per heavy atom. The van der Waals surface area contributed by atoms with Gasteiger partial charge in [0, 0.05) is 16.7 Å². The standard InChI is InChI=1S/C32H23F3N4O4/c1-41-27-14-20(15-28(42-2)29(27)43-19-23-9-4-3-8-22(23)17-36)18-37-39-30(21-10-7-11-24(16-21)32(33,34)35)38-26-13-6-5-12-25(26)31(39)40/h3-16,18H,19H2,1-2H3. The zero-order chi connectivity index (χ0) is 30.6. The Hall–Kier alpha value is -5.63. The second-order valence-electron chi connectivity index (χ2n) is 9.20. The molecule has 0 aliphatic carbocycles. The molecule has 0 N–H and O–H groups in total. The molecule has 0 saturated heterocycles. The Morgan fingerprint density at radius 1 is 0.953 bits per heavy atom. The van der Waals surface area contributed by atoms with Gasteiger partial charge in [-0.05, 0) is 42.5 Å². The minimum Gasteiger partial charge on any atom is -0.493 e. The molecule has 0 radical (unpaired) electrons. The van der Waals surface area contributed by atoms with Crippen LogP contribution in [0.15, 0.2) is 94.8 Å². The second-order valence-corrected chi connectivity index (χ2v) is 9.20. The molecular weight excluding hydrogens is 561 g/mol. The molecule has 0 unspecified atom stereocenters. The van der Waals surface area contributed by atoms with E-state index in [-0.39, 0.29) is 40.6 Å². The third kappa shape index (κ3) is 6.04. The number of methoxy groups -OCH3 is 2. The van der Waals surface area contributed by atoms with Gasteiger partial charge in [0.05, 0.1) is 48.5 Å². The molecule has 1 aromatic heterocycles. The van der Waals surface area contributed by atoms with Gasteiger partial charge in [-0.3, -0.25) is 4.79 Å². The number of nitrogens with zero attached hydrogens (tertiary/aromatic N) is 4. The molecule has 0 saturated carbocycles. The topological polar surface area (TPSA) is 98.7 Å². The lowest BCUT2D eigenvalue weighted by Gasteiger charge is -2.16. The van der Waals surface area contributed by atoms with Crippen molar-refractivity contribution in [1.29, 1.82) is 5.26 Å². The molecule has 0 aliphatic heterocycles. The second kappa shape index (κ2) is 12.1. The van der Waals surface area contributed by atoms with E-state index in [0.29, 0.717) is 22.2 Å². The average Bonchev–Trinajstić information content (AvgIpc) is 3.02. The Balaban J connectivity index is 1.57. The first kappa shape index (κ1) is 28.9. The normalized spacial score (nSPS) is 11.4. The number of halogens is 3. The summed E-state index contributed by atoms with van der Waals surface area (Å²) in [6, 6.07) is 23.4. The summed E-state index contributed by atoms with van der Waals surface area (Å²) in [5, 5.41) is 14.0. The number of aromatic nitrogens is 2. The molecule has 0 atom stereocenters.